The second-order valence-electron chi connectivity index (χ2n) is 10.8. The van der Waals surface area contributed by atoms with Gasteiger partial charge in [0.1, 0.15) is 5.75 Å². The molecule has 0 aliphatic heterocycles. The Morgan fingerprint density at radius 1 is 0.805 bits per heavy atom. The number of benzene rings is 4. The van der Waals surface area contributed by atoms with Crippen molar-refractivity contribution in [3.05, 3.63) is 136 Å². The summed E-state index contributed by atoms with van der Waals surface area (Å²) in [5, 5.41) is -0.237. The summed E-state index contributed by atoms with van der Waals surface area (Å²) in [5.74, 6) is 1.43. The van der Waals surface area contributed by atoms with Crippen molar-refractivity contribution in [3.63, 3.8) is 0 Å². The molecule has 0 fully saturated rings. The van der Waals surface area contributed by atoms with Crippen molar-refractivity contribution in [2.24, 2.45) is 5.92 Å². The van der Waals surface area contributed by atoms with E-state index in [9.17, 15) is 13.2 Å². The standard InChI is InChI=1S/C35H37ClF3NO/c1-26(2)22-27-12-9-18-31(23-27)41-21-11-20-40(24-30-17-10-19-33(34(30)36)35(37,38)39)25-32(28-13-5-3-6-14-28)29-15-7-4-8-16-29/h3-10,12-19,23,26,32H,11,20-22,24-25H2,1-2H3. The van der Waals surface area contributed by atoms with Crippen LogP contribution >= 0.6 is 11.6 Å². The third kappa shape index (κ3) is 9.11. The largest absolute Gasteiger partial charge is 0.494 e. The first-order valence-corrected chi connectivity index (χ1v) is 14.5. The lowest BCUT2D eigenvalue weighted by Crippen LogP contribution is -2.31. The lowest BCUT2D eigenvalue weighted by atomic mass is 9.90. The van der Waals surface area contributed by atoms with Crippen LogP contribution in [0.2, 0.25) is 5.02 Å². The first kappa shape index (κ1) is 30.7. The Morgan fingerprint density at radius 2 is 1.44 bits per heavy atom. The maximum atomic E-state index is 13.6. The molecule has 4 aromatic rings. The van der Waals surface area contributed by atoms with Gasteiger partial charge in [-0.15, -0.1) is 0 Å². The lowest BCUT2D eigenvalue weighted by molar-refractivity contribution is -0.137. The van der Waals surface area contributed by atoms with E-state index in [-0.39, 0.29) is 10.9 Å². The minimum Gasteiger partial charge on any atom is -0.494 e. The molecule has 0 aromatic heterocycles. The van der Waals surface area contributed by atoms with E-state index in [2.05, 4.69) is 55.1 Å². The highest BCUT2D eigenvalue weighted by Crippen LogP contribution is 2.37. The average Bonchev–Trinajstić information content (AvgIpc) is 2.95. The van der Waals surface area contributed by atoms with Crippen LogP contribution in [-0.2, 0) is 19.1 Å². The van der Waals surface area contributed by atoms with E-state index in [1.807, 2.05) is 48.5 Å². The third-order valence-electron chi connectivity index (χ3n) is 7.05. The summed E-state index contributed by atoms with van der Waals surface area (Å²) < 4.78 is 46.9. The van der Waals surface area contributed by atoms with Gasteiger partial charge in [0.2, 0.25) is 0 Å². The minimum absolute atomic E-state index is 0.0376. The Kier molecular flexibility index (Phi) is 10.9. The van der Waals surface area contributed by atoms with Gasteiger partial charge in [-0.25, -0.2) is 0 Å². The molecule has 0 amide bonds. The first-order chi connectivity index (χ1) is 19.7. The van der Waals surface area contributed by atoms with Gasteiger partial charge in [-0.05, 0) is 59.2 Å². The molecular formula is C35H37ClF3NO. The van der Waals surface area contributed by atoms with Crippen molar-refractivity contribution in [1.29, 1.82) is 0 Å². The molecule has 6 heteroatoms. The SMILES string of the molecule is CC(C)Cc1cccc(OCCCN(Cc2cccc(C(F)(F)F)c2Cl)CC(c2ccccc2)c2ccccc2)c1. The Bertz CT molecular complexity index is 1320. The second-order valence-corrected chi connectivity index (χ2v) is 11.2. The molecule has 0 radical (unpaired) electrons. The topological polar surface area (TPSA) is 12.5 Å². The van der Waals surface area contributed by atoms with Gasteiger partial charge in [0.15, 0.2) is 0 Å². The molecule has 2 nitrogen and oxygen atoms in total. The van der Waals surface area contributed by atoms with Gasteiger partial charge in [0.05, 0.1) is 17.2 Å². The van der Waals surface area contributed by atoms with Gasteiger partial charge in [-0.1, -0.05) is 110 Å². The maximum Gasteiger partial charge on any atom is 0.417 e. The van der Waals surface area contributed by atoms with Crippen molar-refractivity contribution in [2.45, 2.75) is 45.3 Å². The van der Waals surface area contributed by atoms with Crippen molar-refractivity contribution in [1.82, 2.24) is 4.90 Å². The molecule has 0 spiro atoms. The smallest absolute Gasteiger partial charge is 0.417 e. The van der Waals surface area contributed by atoms with E-state index in [1.54, 1.807) is 6.07 Å². The van der Waals surface area contributed by atoms with Crippen molar-refractivity contribution in [2.75, 3.05) is 19.7 Å². The molecule has 41 heavy (non-hydrogen) atoms. The van der Waals surface area contributed by atoms with Crippen molar-refractivity contribution in [3.8, 4) is 5.75 Å². The second kappa shape index (κ2) is 14.6. The fourth-order valence-corrected chi connectivity index (χ4v) is 5.43. The fourth-order valence-electron chi connectivity index (χ4n) is 5.14. The molecule has 0 heterocycles. The van der Waals surface area contributed by atoms with Gasteiger partial charge in [0.25, 0.3) is 0 Å². The summed E-state index contributed by atoms with van der Waals surface area (Å²) in [6, 6.07) is 32.7. The van der Waals surface area contributed by atoms with Crippen LogP contribution in [0.25, 0.3) is 0 Å². The van der Waals surface area contributed by atoms with Crippen LogP contribution in [-0.4, -0.2) is 24.6 Å². The zero-order valence-electron chi connectivity index (χ0n) is 23.6. The predicted molar refractivity (Wildman–Crippen MR) is 162 cm³/mol. The predicted octanol–water partition coefficient (Wildman–Crippen LogP) is 9.66. The van der Waals surface area contributed by atoms with Crippen LogP contribution in [0.5, 0.6) is 5.75 Å². The number of ether oxygens (including phenoxy) is 1. The third-order valence-corrected chi connectivity index (χ3v) is 7.50. The maximum absolute atomic E-state index is 13.6. The number of alkyl halides is 3. The van der Waals surface area contributed by atoms with Gasteiger partial charge < -0.3 is 4.74 Å². The fraction of sp³-hybridized carbons (Fsp3) is 0.314. The molecular weight excluding hydrogens is 543 g/mol. The molecule has 0 saturated heterocycles. The van der Waals surface area contributed by atoms with E-state index in [4.69, 9.17) is 16.3 Å². The number of rotatable bonds is 13. The molecule has 0 unspecified atom stereocenters. The van der Waals surface area contributed by atoms with Gasteiger partial charge in [0, 0.05) is 25.6 Å². The van der Waals surface area contributed by atoms with Gasteiger partial charge in [-0.3, -0.25) is 4.90 Å². The van der Waals surface area contributed by atoms with Gasteiger partial charge in [-0.2, -0.15) is 13.2 Å². The highest BCUT2D eigenvalue weighted by Gasteiger charge is 2.34. The van der Waals surface area contributed by atoms with E-state index >= 15 is 0 Å². The molecule has 0 atom stereocenters. The number of nitrogens with zero attached hydrogens (tertiary/aromatic N) is 1. The molecule has 0 saturated carbocycles. The normalized spacial score (nSPS) is 11.9. The van der Waals surface area contributed by atoms with E-state index in [1.165, 1.54) is 11.6 Å². The Morgan fingerprint density at radius 3 is 2.05 bits per heavy atom. The van der Waals surface area contributed by atoms with Crippen molar-refractivity contribution >= 4 is 11.6 Å². The molecule has 4 rings (SSSR count). The van der Waals surface area contributed by atoms with E-state index in [0.717, 1.165) is 29.4 Å². The van der Waals surface area contributed by atoms with E-state index < -0.39 is 11.7 Å². The highest BCUT2D eigenvalue weighted by molar-refractivity contribution is 6.32. The van der Waals surface area contributed by atoms with Crippen LogP contribution in [0.1, 0.15) is 54.0 Å². The lowest BCUT2D eigenvalue weighted by Gasteiger charge is -2.29. The Balaban J connectivity index is 1.54. The van der Waals surface area contributed by atoms with Crippen LogP contribution in [0, 0.1) is 5.92 Å². The van der Waals surface area contributed by atoms with E-state index in [0.29, 0.717) is 44.1 Å². The summed E-state index contributed by atoms with van der Waals surface area (Å²) in [5.41, 5.74) is 3.20. The number of hydrogen-bond acceptors (Lipinski definition) is 2. The minimum atomic E-state index is -4.51. The Labute approximate surface area is 246 Å². The van der Waals surface area contributed by atoms with Crippen LogP contribution in [0.15, 0.2) is 103 Å². The zero-order valence-corrected chi connectivity index (χ0v) is 24.3. The molecule has 4 aromatic carbocycles. The quantitative estimate of drug-likeness (QED) is 0.146. The Hall–Kier alpha value is -3.28. The summed E-state index contributed by atoms with van der Waals surface area (Å²) in [6.45, 7) is 6.43. The number of hydrogen-bond donors (Lipinski definition) is 0. The summed E-state index contributed by atoms with van der Waals surface area (Å²) >= 11 is 6.33. The van der Waals surface area contributed by atoms with Crippen LogP contribution < -0.4 is 4.74 Å². The summed E-state index contributed by atoms with van der Waals surface area (Å²) in [7, 11) is 0. The molecule has 216 valence electrons. The van der Waals surface area contributed by atoms with Crippen molar-refractivity contribution < 1.29 is 17.9 Å². The molecule has 0 aliphatic rings. The zero-order chi connectivity index (χ0) is 29.2. The van der Waals surface area contributed by atoms with Crippen LogP contribution in [0.4, 0.5) is 13.2 Å². The molecule has 0 bridgehead atoms. The summed E-state index contributed by atoms with van der Waals surface area (Å²) in [6.07, 6.45) is -2.81. The first-order valence-electron chi connectivity index (χ1n) is 14.1. The van der Waals surface area contributed by atoms with Crippen LogP contribution in [0.3, 0.4) is 0 Å². The molecule has 0 N–H and O–H groups in total. The van der Waals surface area contributed by atoms with Gasteiger partial charge >= 0.3 is 6.18 Å². The molecule has 0 aliphatic carbocycles. The number of halogens is 4. The monoisotopic (exact) mass is 579 g/mol. The average molecular weight is 580 g/mol. The summed E-state index contributed by atoms with van der Waals surface area (Å²) in [4.78, 5) is 2.19. The highest BCUT2D eigenvalue weighted by atomic mass is 35.5.